The van der Waals surface area contributed by atoms with Gasteiger partial charge >= 0.3 is 11.9 Å². The summed E-state index contributed by atoms with van der Waals surface area (Å²) in [5.41, 5.74) is -4.07. The van der Waals surface area contributed by atoms with Crippen LogP contribution in [-0.4, -0.2) is 23.4 Å². The van der Waals surface area contributed by atoms with Crippen LogP contribution in [0.25, 0.3) is 11.1 Å². The Balaban J connectivity index is 2.01. The van der Waals surface area contributed by atoms with Gasteiger partial charge in [0.15, 0.2) is 11.6 Å². The van der Waals surface area contributed by atoms with E-state index in [0.29, 0.717) is 17.4 Å². The van der Waals surface area contributed by atoms with Gasteiger partial charge in [0.2, 0.25) is 0 Å². The summed E-state index contributed by atoms with van der Waals surface area (Å²) in [7, 11) is 2.69. The van der Waals surface area contributed by atoms with E-state index in [-0.39, 0.29) is 29.1 Å². The van der Waals surface area contributed by atoms with E-state index in [1.165, 1.54) is 39.3 Å². The fourth-order valence-electron chi connectivity index (χ4n) is 4.35. The zero-order valence-electron chi connectivity index (χ0n) is 21.1. The molecule has 0 bridgehead atoms. The van der Waals surface area contributed by atoms with E-state index in [2.05, 4.69) is 0 Å². The minimum absolute atomic E-state index is 0.139. The number of hydrogen-bond donors (Lipinski definition) is 0. The molecular formula is C28H23F5N2O4. The molecule has 0 aliphatic rings. The first-order chi connectivity index (χ1) is 18.5. The van der Waals surface area contributed by atoms with Crippen LogP contribution < -0.4 is 20.7 Å². The molecule has 1 heterocycles. The number of hydrogen-bond acceptors (Lipinski definition) is 4. The predicted octanol–water partition coefficient (Wildman–Crippen LogP) is 5.40. The molecule has 0 atom stereocenters. The van der Waals surface area contributed by atoms with Crippen molar-refractivity contribution in [3.8, 4) is 22.6 Å². The molecule has 0 fully saturated rings. The molecule has 0 saturated heterocycles. The summed E-state index contributed by atoms with van der Waals surface area (Å²) in [4.78, 5) is 27.2. The second-order valence-corrected chi connectivity index (χ2v) is 8.65. The molecule has 4 rings (SSSR count). The Hall–Kier alpha value is -4.41. The standard InChI is InChI=1S/C28H23F5N2O4/c1-16-24(19-6-4-9-23(39-3)25(19)30)26(36)35(14-17-10-12-18(38-2)13-11-17)27(37)34(16)15-20-21(28(31,32)33)7-5-8-22(20)29/h4-13H,14-15H2,1-3H3. The maximum atomic E-state index is 15.3. The lowest BCUT2D eigenvalue weighted by atomic mass is 10.0. The Morgan fingerprint density at radius 1 is 0.821 bits per heavy atom. The van der Waals surface area contributed by atoms with Crippen LogP contribution in [0, 0.1) is 18.6 Å². The number of nitrogens with zero attached hydrogens (tertiary/aromatic N) is 2. The number of methoxy groups -OCH3 is 2. The van der Waals surface area contributed by atoms with Gasteiger partial charge in [-0.25, -0.2) is 13.6 Å². The molecule has 0 saturated carbocycles. The molecule has 6 nitrogen and oxygen atoms in total. The number of rotatable bonds is 7. The van der Waals surface area contributed by atoms with Crippen LogP contribution in [0.2, 0.25) is 0 Å². The van der Waals surface area contributed by atoms with E-state index in [1.54, 1.807) is 24.3 Å². The molecule has 204 valence electrons. The molecule has 1 aromatic heterocycles. The van der Waals surface area contributed by atoms with E-state index in [0.717, 1.165) is 21.3 Å². The second-order valence-electron chi connectivity index (χ2n) is 8.65. The number of aromatic nitrogens is 2. The van der Waals surface area contributed by atoms with Crippen LogP contribution in [0.5, 0.6) is 11.5 Å². The summed E-state index contributed by atoms with van der Waals surface area (Å²) in [6.45, 7) is 0.153. The monoisotopic (exact) mass is 546 g/mol. The number of ether oxygens (including phenoxy) is 2. The SMILES string of the molecule is COc1ccc(Cn2c(=O)c(-c3cccc(OC)c3F)c(C)n(Cc3c(F)cccc3C(F)(F)F)c2=O)cc1. The Kier molecular flexibility index (Phi) is 7.62. The van der Waals surface area contributed by atoms with Crippen molar-refractivity contribution in [1.29, 1.82) is 0 Å². The van der Waals surface area contributed by atoms with Crippen molar-refractivity contribution < 1.29 is 31.4 Å². The highest BCUT2D eigenvalue weighted by Crippen LogP contribution is 2.34. The molecule has 0 unspecified atom stereocenters. The molecule has 0 N–H and O–H groups in total. The Labute approximate surface area is 219 Å². The van der Waals surface area contributed by atoms with Crippen LogP contribution >= 0.6 is 0 Å². The van der Waals surface area contributed by atoms with Gasteiger partial charge in [-0.2, -0.15) is 13.2 Å². The number of benzene rings is 3. The van der Waals surface area contributed by atoms with Gasteiger partial charge in [0.05, 0.1) is 38.4 Å². The molecule has 0 aliphatic heterocycles. The zero-order valence-corrected chi connectivity index (χ0v) is 21.1. The minimum atomic E-state index is -4.91. The van der Waals surface area contributed by atoms with Crippen molar-refractivity contribution in [2.75, 3.05) is 14.2 Å². The van der Waals surface area contributed by atoms with Crippen LogP contribution in [0.3, 0.4) is 0 Å². The molecule has 0 amide bonds. The highest BCUT2D eigenvalue weighted by molar-refractivity contribution is 5.67. The first-order valence-corrected chi connectivity index (χ1v) is 11.6. The third-order valence-electron chi connectivity index (χ3n) is 6.38. The fourth-order valence-corrected chi connectivity index (χ4v) is 4.35. The Morgan fingerprint density at radius 3 is 2.10 bits per heavy atom. The lowest BCUT2D eigenvalue weighted by molar-refractivity contribution is -0.138. The molecule has 0 aliphatic carbocycles. The smallest absolute Gasteiger partial charge is 0.416 e. The first-order valence-electron chi connectivity index (χ1n) is 11.6. The first kappa shape index (κ1) is 27.6. The van der Waals surface area contributed by atoms with E-state index in [4.69, 9.17) is 9.47 Å². The summed E-state index contributed by atoms with van der Waals surface area (Å²) in [6.07, 6.45) is -4.91. The molecule has 0 radical (unpaired) electrons. The van der Waals surface area contributed by atoms with Crippen molar-refractivity contribution in [2.24, 2.45) is 0 Å². The number of halogens is 5. The maximum Gasteiger partial charge on any atom is 0.416 e. The molecule has 3 aromatic carbocycles. The highest BCUT2D eigenvalue weighted by atomic mass is 19.4. The van der Waals surface area contributed by atoms with Gasteiger partial charge in [0, 0.05) is 16.8 Å². The van der Waals surface area contributed by atoms with Crippen molar-refractivity contribution in [1.82, 2.24) is 9.13 Å². The summed E-state index contributed by atoms with van der Waals surface area (Å²) in [5, 5.41) is 0. The van der Waals surface area contributed by atoms with E-state index in [1.807, 2.05) is 0 Å². The average Bonchev–Trinajstić information content (AvgIpc) is 2.90. The normalized spacial score (nSPS) is 11.5. The van der Waals surface area contributed by atoms with Crippen LogP contribution in [0.15, 0.2) is 70.3 Å². The Bertz CT molecular complexity index is 1640. The minimum Gasteiger partial charge on any atom is -0.497 e. The molecular weight excluding hydrogens is 523 g/mol. The van der Waals surface area contributed by atoms with E-state index in [9.17, 15) is 27.2 Å². The fraction of sp³-hybridized carbons (Fsp3) is 0.214. The van der Waals surface area contributed by atoms with Crippen LogP contribution in [-0.2, 0) is 19.3 Å². The summed E-state index contributed by atoms with van der Waals surface area (Å²) in [5.74, 6) is -1.74. The van der Waals surface area contributed by atoms with Gasteiger partial charge in [-0.1, -0.05) is 30.3 Å². The predicted molar refractivity (Wildman–Crippen MR) is 134 cm³/mol. The molecule has 4 aromatic rings. The zero-order chi connectivity index (χ0) is 28.5. The van der Waals surface area contributed by atoms with Crippen molar-refractivity contribution in [3.05, 3.63) is 116 Å². The van der Waals surface area contributed by atoms with Crippen LogP contribution in [0.1, 0.15) is 22.4 Å². The summed E-state index contributed by atoms with van der Waals surface area (Å²) >= 11 is 0. The molecule has 39 heavy (non-hydrogen) atoms. The highest BCUT2D eigenvalue weighted by Gasteiger charge is 2.35. The quantitative estimate of drug-likeness (QED) is 0.292. The largest absolute Gasteiger partial charge is 0.497 e. The van der Waals surface area contributed by atoms with E-state index < -0.39 is 46.7 Å². The Morgan fingerprint density at radius 2 is 1.49 bits per heavy atom. The summed E-state index contributed by atoms with van der Waals surface area (Å²) in [6, 6.07) is 12.9. The number of alkyl halides is 3. The lowest BCUT2D eigenvalue weighted by Gasteiger charge is -2.20. The summed E-state index contributed by atoms with van der Waals surface area (Å²) < 4.78 is 83.0. The van der Waals surface area contributed by atoms with Crippen molar-refractivity contribution in [2.45, 2.75) is 26.2 Å². The molecule has 11 heteroatoms. The van der Waals surface area contributed by atoms with Gasteiger partial charge in [0.25, 0.3) is 5.56 Å². The van der Waals surface area contributed by atoms with Gasteiger partial charge in [-0.05, 0) is 42.8 Å². The third kappa shape index (κ3) is 5.29. The van der Waals surface area contributed by atoms with Gasteiger partial charge in [0.1, 0.15) is 11.6 Å². The topological polar surface area (TPSA) is 62.5 Å². The average molecular weight is 546 g/mol. The maximum absolute atomic E-state index is 15.3. The second kappa shape index (κ2) is 10.8. The van der Waals surface area contributed by atoms with E-state index >= 15 is 4.39 Å². The van der Waals surface area contributed by atoms with Gasteiger partial charge in [-0.3, -0.25) is 13.9 Å². The van der Waals surface area contributed by atoms with Crippen molar-refractivity contribution in [3.63, 3.8) is 0 Å². The van der Waals surface area contributed by atoms with Crippen molar-refractivity contribution >= 4 is 0 Å². The third-order valence-corrected chi connectivity index (χ3v) is 6.38. The molecule has 0 spiro atoms. The lowest BCUT2D eigenvalue weighted by Crippen LogP contribution is -2.42. The van der Waals surface area contributed by atoms with Crippen LogP contribution in [0.4, 0.5) is 22.0 Å². The van der Waals surface area contributed by atoms with Gasteiger partial charge < -0.3 is 9.47 Å². The van der Waals surface area contributed by atoms with Gasteiger partial charge in [-0.15, -0.1) is 0 Å².